The summed E-state index contributed by atoms with van der Waals surface area (Å²) in [5, 5.41) is 16.0. The van der Waals surface area contributed by atoms with Crippen LogP contribution in [-0.2, 0) is 19.2 Å². The number of carboxylic acid groups (broad SMARTS) is 1. The van der Waals surface area contributed by atoms with Crippen LogP contribution in [0.25, 0.3) is 0 Å². The molecule has 0 rings (SSSR count). The summed E-state index contributed by atoms with van der Waals surface area (Å²) in [5.74, 6) is -3.01. The SMILES string of the molecule is CC(C)C(N)C(=O)NC(CS)C(=O)NC(CCCCN)C(=O)NCC(=O)O. The highest BCUT2D eigenvalue weighted by Crippen LogP contribution is 2.03. The molecule has 156 valence electrons. The van der Waals surface area contributed by atoms with Crippen LogP contribution in [0.1, 0.15) is 33.1 Å². The normalized spacial score (nSPS) is 14.1. The zero-order valence-corrected chi connectivity index (χ0v) is 16.6. The molecule has 3 atom stereocenters. The standard InChI is InChI=1S/C16H31N5O5S/c1-9(2)13(18)16(26)21-11(8-27)15(25)20-10(5-3-4-6-17)14(24)19-7-12(22)23/h9-11,13,27H,3-8,17-18H2,1-2H3,(H,19,24)(H,20,25)(H,21,26)(H,22,23). The molecular weight excluding hydrogens is 374 g/mol. The van der Waals surface area contributed by atoms with Gasteiger partial charge in [-0.15, -0.1) is 0 Å². The van der Waals surface area contributed by atoms with Gasteiger partial charge in [-0.2, -0.15) is 12.6 Å². The molecule has 0 aliphatic heterocycles. The van der Waals surface area contributed by atoms with Gasteiger partial charge in [0.15, 0.2) is 0 Å². The zero-order chi connectivity index (χ0) is 21.0. The molecule has 10 nitrogen and oxygen atoms in total. The van der Waals surface area contributed by atoms with Crippen LogP contribution >= 0.6 is 12.6 Å². The summed E-state index contributed by atoms with van der Waals surface area (Å²) >= 11 is 4.07. The molecule has 0 heterocycles. The lowest BCUT2D eigenvalue weighted by Crippen LogP contribution is -2.57. The first-order valence-corrected chi connectivity index (χ1v) is 9.44. The second kappa shape index (κ2) is 13.3. The van der Waals surface area contributed by atoms with Crippen molar-refractivity contribution in [2.45, 2.75) is 51.2 Å². The van der Waals surface area contributed by atoms with Gasteiger partial charge in [0.2, 0.25) is 17.7 Å². The number of carbonyl (C=O) groups excluding carboxylic acids is 3. The highest BCUT2D eigenvalue weighted by molar-refractivity contribution is 7.80. The molecule has 0 aliphatic carbocycles. The van der Waals surface area contributed by atoms with Crippen molar-refractivity contribution in [3.8, 4) is 0 Å². The van der Waals surface area contributed by atoms with Crippen molar-refractivity contribution in [2.75, 3.05) is 18.8 Å². The minimum atomic E-state index is -1.20. The molecule has 0 fully saturated rings. The predicted molar refractivity (Wildman–Crippen MR) is 104 cm³/mol. The number of aliphatic carboxylic acids is 1. The number of nitrogens with two attached hydrogens (primary N) is 2. The number of amides is 3. The molecule has 0 saturated heterocycles. The van der Waals surface area contributed by atoms with E-state index in [1.165, 1.54) is 0 Å². The molecule has 11 heteroatoms. The second-order valence-electron chi connectivity index (χ2n) is 6.47. The van der Waals surface area contributed by atoms with Crippen LogP contribution in [0.5, 0.6) is 0 Å². The van der Waals surface area contributed by atoms with Crippen LogP contribution in [0.4, 0.5) is 0 Å². The van der Waals surface area contributed by atoms with E-state index >= 15 is 0 Å². The Bertz CT molecular complexity index is 517. The molecule has 0 aromatic heterocycles. The molecule has 0 spiro atoms. The van der Waals surface area contributed by atoms with Crippen LogP contribution in [0, 0.1) is 5.92 Å². The number of hydrogen-bond donors (Lipinski definition) is 7. The van der Waals surface area contributed by atoms with Gasteiger partial charge < -0.3 is 32.5 Å². The van der Waals surface area contributed by atoms with Gasteiger partial charge in [-0.1, -0.05) is 13.8 Å². The predicted octanol–water partition coefficient (Wildman–Crippen LogP) is -1.80. The zero-order valence-electron chi connectivity index (χ0n) is 15.7. The van der Waals surface area contributed by atoms with Crippen LogP contribution in [-0.4, -0.2) is 65.8 Å². The Hall–Kier alpha value is -1.85. The van der Waals surface area contributed by atoms with Gasteiger partial charge in [-0.25, -0.2) is 0 Å². The summed E-state index contributed by atoms with van der Waals surface area (Å²) in [6, 6.07) is -2.70. The number of unbranched alkanes of at least 4 members (excludes halogenated alkanes) is 1. The largest absolute Gasteiger partial charge is 0.480 e. The first-order chi connectivity index (χ1) is 12.6. The maximum atomic E-state index is 12.5. The van der Waals surface area contributed by atoms with E-state index in [0.29, 0.717) is 19.4 Å². The molecule has 27 heavy (non-hydrogen) atoms. The monoisotopic (exact) mass is 405 g/mol. The fraction of sp³-hybridized carbons (Fsp3) is 0.750. The smallest absolute Gasteiger partial charge is 0.322 e. The van der Waals surface area contributed by atoms with Gasteiger partial charge in [0.1, 0.15) is 18.6 Å². The average Bonchev–Trinajstić information content (AvgIpc) is 2.62. The van der Waals surface area contributed by atoms with Gasteiger partial charge in [-0.05, 0) is 31.7 Å². The van der Waals surface area contributed by atoms with Crippen molar-refractivity contribution in [1.29, 1.82) is 0 Å². The average molecular weight is 406 g/mol. The Morgan fingerprint density at radius 1 is 1.00 bits per heavy atom. The Morgan fingerprint density at radius 3 is 2.07 bits per heavy atom. The molecule has 0 radical (unpaired) electrons. The molecule has 0 saturated carbocycles. The van der Waals surface area contributed by atoms with Gasteiger partial charge in [0.05, 0.1) is 6.04 Å². The van der Waals surface area contributed by atoms with Crippen molar-refractivity contribution in [3.63, 3.8) is 0 Å². The lowest BCUT2D eigenvalue weighted by molar-refractivity contribution is -0.138. The van der Waals surface area contributed by atoms with Gasteiger partial charge in [0.25, 0.3) is 0 Å². The molecule has 8 N–H and O–H groups in total. The van der Waals surface area contributed by atoms with Crippen LogP contribution < -0.4 is 27.4 Å². The third kappa shape index (κ3) is 10.2. The molecule has 0 aliphatic rings. The van der Waals surface area contributed by atoms with Crippen molar-refractivity contribution in [2.24, 2.45) is 17.4 Å². The highest BCUT2D eigenvalue weighted by Gasteiger charge is 2.28. The van der Waals surface area contributed by atoms with E-state index in [2.05, 4.69) is 28.6 Å². The van der Waals surface area contributed by atoms with Crippen molar-refractivity contribution in [1.82, 2.24) is 16.0 Å². The molecular formula is C16H31N5O5S. The number of carboxylic acids is 1. The lowest BCUT2D eigenvalue weighted by Gasteiger charge is -2.24. The maximum absolute atomic E-state index is 12.5. The molecule has 0 aromatic rings. The number of carbonyl (C=O) groups is 4. The first kappa shape index (κ1) is 25.1. The van der Waals surface area contributed by atoms with Gasteiger partial charge >= 0.3 is 5.97 Å². The summed E-state index contributed by atoms with van der Waals surface area (Å²) in [5.41, 5.74) is 11.2. The Morgan fingerprint density at radius 2 is 1.59 bits per heavy atom. The van der Waals surface area contributed by atoms with Crippen molar-refractivity contribution in [3.05, 3.63) is 0 Å². The van der Waals surface area contributed by atoms with E-state index in [0.717, 1.165) is 0 Å². The third-order valence-electron chi connectivity index (χ3n) is 3.83. The van der Waals surface area contributed by atoms with E-state index in [1.54, 1.807) is 13.8 Å². The van der Waals surface area contributed by atoms with Crippen molar-refractivity contribution < 1.29 is 24.3 Å². The Labute approximate surface area is 164 Å². The Kier molecular flexibility index (Phi) is 12.4. The summed E-state index contributed by atoms with van der Waals surface area (Å²) in [6.07, 6.45) is 1.50. The van der Waals surface area contributed by atoms with E-state index in [1.807, 2.05) is 0 Å². The maximum Gasteiger partial charge on any atom is 0.322 e. The first-order valence-electron chi connectivity index (χ1n) is 8.80. The van der Waals surface area contributed by atoms with Crippen LogP contribution in [0.3, 0.4) is 0 Å². The topological polar surface area (TPSA) is 177 Å². The summed E-state index contributed by atoms with van der Waals surface area (Å²) < 4.78 is 0. The van der Waals surface area contributed by atoms with E-state index in [9.17, 15) is 19.2 Å². The Balaban J connectivity index is 4.96. The minimum Gasteiger partial charge on any atom is -0.480 e. The number of nitrogens with one attached hydrogen (secondary N) is 3. The van der Waals surface area contributed by atoms with E-state index in [-0.39, 0.29) is 18.1 Å². The second-order valence-corrected chi connectivity index (χ2v) is 6.84. The number of thiol groups is 1. The third-order valence-corrected chi connectivity index (χ3v) is 4.20. The van der Waals surface area contributed by atoms with Gasteiger partial charge in [-0.3, -0.25) is 19.2 Å². The van der Waals surface area contributed by atoms with Crippen LogP contribution in [0.15, 0.2) is 0 Å². The summed E-state index contributed by atoms with van der Waals surface area (Å²) in [4.78, 5) is 47.3. The summed E-state index contributed by atoms with van der Waals surface area (Å²) in [6.45, 7) is 3.43. The quantitative estimate of drug-likeness (QED) is 0.140. The summed E-state index contributed by atoms with van der Waals surface area (Å²) in [7, 11) is 0. The fourth-order valence-electron chi connectivity index (χ4n) is 2.08. The molecule has 0 bridgehead atoms. The number of rotatable bonds is 13. The van der Waals surface area contributed by atoms with E-state index in [4.69, 9.17) is 16.6 Å². The fourth-order valence-corrected chi connectivity index (χ4v) is 2.34. The molecule has 3 unspecified atom stereocenters. The molecule has 3 amide bonds. The van der Waals surface area contributed by atoms with Crippen LogP contribution in [0.2, 0.25) is 0 Å². The van der Waals surface area contributed by atoms with E-state index < -0.39 is 48.4 Å². The van der Waals surface area contributed by atoms with Crippen molar-refractivity contribution >= 4 is 36.3 Å². The minimum absolute atomic E-state index is 0.00858. The number of hydrogen-bond acceptors (Lipinski definition) is 7. The lowest BCUT2D eigenvalue weighted by atomic mass is 10.0. The molecule has 0 aromatic carbocycles. The van der Waals surface area contributed by atoms with Gasteiger partial charge in [0, 0.05) is 5.75 Å². The highest BCUT2D eigenvalue weighted by atomic mass is 32.1.